The Morgan fingerprint density at radius 3 is 2.50 bits per heavy atom. The van der Waals surface area contributed by atoms with Crippen LogP contribution in [0.5, 0.6) is 0 Å². The van der Waals surface area contributed by atoms with E-state index in [0.717, 1.165) is 5.06 Å². The second-order valence-corrected chi connectivity index (χ2v) is 2.37. The van der Waals surface area contributed by atoms with Crippen LogP contribution in [0.1, 0.15) is 6.92 Å². The zero-order valence-electron chi connectivity index (χ0n) is 6.75. The van der Waals surface area contributed by atoms with Gasteiger partial charge in [0, 0.05) is 7.05 Å². The van der Waals surface area contributed by atoms with Crippen molar-refractivity contribution in [1.29, 1.82) is 0 Å². The van der Waals surface area contributed by atoms with Gasteiger partial charge in [-0.05, 0) is 6.92 Å². The van der Waals surface area contributed by atoms with Crippen molar-refractivity contribution in [2.75, 3.05) is 14.2 Å². The molecular weight excluding hydrogens is 150 g/mol. The normalized spacial score (nSPS) is 13.1. The second-order valence-electron chi connectivity index (χ2n) is 1.90. The fourth-order valence-corrected chi connectivity index (χ4v) is 0.648. The van der Waals surface area contributed by atoms with Crippen molar-refractivity contribution < 1.29 is 14.1 Å². The summed E-state index contributed by atoms with van der Waals surface area (Å²) in [5.74, 6) is -0.155. The van der Waals surface area contributed by atoms with Crippen molar-refractivity contribution in [1.82, 2.24) is 5.06 Å². The average Bonchev–Trinajstić information content (AvgIpc) is 2.00. The van der Waals surface area contributed by atoms with Crippen molar-refractivity contribution in [3.05, 3.63) is 0 Å². The Labute approximate surface area is 63.6 Å². The zero-order chi connectivity index (χ0) is 8.15. The molecule has 0 spiro atoms. The smallest absolute Gasteiger partial charge is 0.273 e. The van der Waals surface area contributed by atoms with Crippen LogP contribution >= 0.6 is 0 Å². The Balaban J connectivity index is 3.82. The lowest BCUT2D eigenvalue weighted by Gasteiger charge is -2.17. The Morgan fingerprint density at radius 1 is 1.70 bits per heavy atom. The molecule has 0 aliphatic heterocycles. The largest absolute Gasteiger partial charge is 0.416 e. The topological polar surface area (TPSA) is 38.8 Å². The maximum atomic E-state index is 11.0. The van der Waals surface area contributed by atoms with Gasteiger partial charge < -0.3 is 4.43 Å². The standard InChI is InChI=1S/C5H13NO3Si/c1-4(9-10)5(7)6(2)8-3/h4H,1-3,10H3. The third-order valence-electron chi connectivity index (χ3n) is 1.29. The van der Waals surface area contributed by atoms with Crippen molar-refractivity contribution in [3.63, 3.8) is 0 Å². The van der Waals surface area contributed by atoms with E-state index < -0.39 is 0 Å². The van der Waals surface area contributed by atoms with Gasteiger partial charge >= 0.3 is 0 Å². The lowest BCUT2D eigenvalue weighted by Crippen LogP contribution is -2.35. The zero-order valence-corrected chi connectivity index (χ0v) is 8.75. The lowest BCUT2D eigenvalue weighted by atomic mass is 10.4. The molecule has 0 fully saturated rings. The molecule has 4 nitrogen and oxygen atoms in total. The maximum absolute atomic E-state index is 11.0. The molecule has 0 heterocycles. The van der Waals surface area contributed by atoms with Gasteiger partial charge in [0.2, 0.25) is 0 Å². The molecule has 0 N–H and O–H groups in total. The van der Waals surface area contributed by atoms with E-state index in [-0.39, 0.29) is 12.0 Å². The van der Waals surface area contributed by atoms with E-state index in [1.165, 1.54) is 7.11 Å². The predicted molar refractivity (Wildman–Crippen MR) is 40.3 cm³/mol. The number of rotatable bonds is 3. The van der Waals surface area contributed by atoms with Crippen LogP contribution in [0.3, 0.4) is 0 Å². The van der Waals surface area contributed by atoms with Gasteiger partial charge in [0.15, 0.2) is 0 Å². The Morgan fingerprint density at radius 2 is 2.20 bits per heavy atom. The quantitative estimate of drug-likeness (QED) is 0.383. The number of amides is 1. The Bertz CT molecular complexity index is 107. The molecule has 0 aliphatic carbocycles. The molecule has 5 heteroatoms. The highest BCUT2D eigenvalue weighted by Gasteiger charge is 2.15. The SMILES string of the molecule is CON(C)C(=O)C(C)O[SiH3]. The van der Waals surface area contributed by atoms with Gasteiger partial charge in [-0.25, -0.2) is 5.06 Å². The van der Waals surface area contributed by atoms with Crippen molar-refractivity contribution in [3.8, 4) is 0 Å². The molecule has 0 aromatic rings. The number of hydrogen-bond donors (Lipinski definition) is 0. The highest BCUT2D eigenvalue weighted by atomic mass is 28.2. The molecule has 0 rings (SSSR count). The Hall–Kier alpha value is -0.393. The van der Waals surface area contributed by atoms with Gasteiger partial charge in [-0.1, -0.05) is 0 Å². The number of hydroxylamine groups is 2. The number of carbonyl (C=O) groups excluding carboxylic acids is 1. The molecule has 0 saturated heterocycles. The van der Waals surface area contributed by atoms with Gasteiger partial charge in [0.1, 0.15) is 16.6 Å². The van der Waals surface area contributed by atoms with Gasteiger partial charge in [-0.3, -0.25) is 9.63 Å². The minimum atomic E-state index is -0.378. The monoisotopic (exact) mass is 163 g/mol. The number of nitrogens with zero attached hydrogens (tertiary/aromatic N) is 1. The summed E-state index contributed by atoms with van der Waals surface area (Å²) in [4.78, 5) is 15.7. The van der Waals surface area contributed by atoms with Gasteiger partial charge in [-0.2, -0.15) is 0 Å². The highest BCUT2D eigenvalue weighted by Crippen LogP contribution is 1.93. The van der Waals surface area contributed by atoms with Crippen LogP contribution in [0.25, 0.3) is 0 Å². The van der Waals surface area contributed by atoms with Crippen LogP contribution in [0.4, 0.5) is 0 Å². The molecule has 0 aromatic heterocycles. The van der Waals surface area contributed by atoms with Crippen LogP contribution in [0.15, 0.2) is 0 Å². The third-order valence-corrected chi connectivity index (χ3v) is 1.99. The summed E-state index contributed by atoms with van der Waals surface area (Å²) in [5.41, 5.74) is 0. The second kappa shape index (κ2) is 4.43. The first-order chi connectivity index (χ1) is 4.63. The molecule has 0 radical (unpaired) electrons. The molecule has 0 saturated carbocycles. The summed E-state index contributed by atoms with van der Waals surface area (Å²) in [6.45, 7) is 1.70. The molecule has 1 amide bonds. The molecule has 0 bridgehead atoms. The summed E-state index contributed by atoms with van der Waals surface area (Å²) >= 11 is 0. The summed E-state index contributed by atoms with van der Waals surface area (Å²) in [6.07, 6.45) is -0.378. The fraction of sp³-hybridized carbons (Fsp3) is 0.800. The predicted octanol–water partition coefficient (Wildman–Crippen LogP) is -1.31. The molecule has 1 atom stereocenters. The van der Waals surface area contributed by atoms with Crippen molar-refractivity contribution >= 4 is 16.4 Å². The minimum absolute atomic E-state index is 0.155. The lowest BCUT2D eigenvalue weighted by molar-refractivity contribution is -0.175. The van der Waals surface area contributed by atoms with E-state index >= 15 is 0 Å². The summed E-state index contributed by atoms with van der Waals surface area (Å²) in [5, 5.41) is 1.16. The van der Waals surface area contributed by atoms with Crippen LogP contribution in [0, 0.1) is 0 Å². The van der Waals surface area contributed by atoms with Gasteiger partial charge in [-0.15, -0.1) is 0 Å². The fourth-order valence-electron chi connectivity index (χ4n) is 0.447. The maximum Gasteiger partial charge on any atom is 0.273 e. The van der Waals surface area contributed by atoms with E-state index in [9.17, 15) is 4.79 Å². The molecule has 0 aliphatic rings. The van der Waals surface area contributed by atoms with E-state index in [0.29, 0.717) is 10.5 Å². The molecule has 0 aromatic carbocycles. The van der Waals surface area contributed by atoms with Crippen LogP contribution in [-0.2, 0) is 14.1 Å². The van der Waals surface area contributed by atoms with Crippen LogP contribution in [-0.4, -0.2) is 41.7 Å². The van der Waals surface area contributed by atoms with Crippen LogP contribution in [0.2, 0.25) is 0 Å². The summed E-state index contributed by atoms with van der Waals surface area (Å²) in [7, 11) is 3.56. The molecule has 10 heavy (non-hydrogen) atoms. The molecule has 60 valence electrons. The summed E-state index contributed by atoms with van der Waals surface area (Å²) in [6, 6.07) is 0. The minimum Gasteiger partial charge on any atom is -0.416 e. The number of likely N-dealkylation sites (N-methyl/N-ethyl adjacent to an activating group) is 1. The van der Waals surface area contributed by atoms with Crippen molar-refractivity contribution in [2.24, 2.45) is 0 Å². The Kier molecular flexibility index (Phi) is 4.25. The van der Waals surface area contributed by atoms with Gasteiger partial charge in [0.05, 0.1) is 7.11 Å². The van der Waals surface area contributed by atoms with Gasteiger partial charge in [0.25, 0.3) is 5.91 Å². The first kappa shape index (κ1) is 9.61. The molecular formula is C5H13NO3Si. The number of hydrogen-bond acceptors (Lipinski definition) is 3. The highest BCUT2D eigenvalue weighted by molar-refractivity contribution is 5.99. The van der Waals surface area contributed by atoms with E-state index in [4.69, 9.17) is 4.43 Å². The van der Waals surface area contributed by atoms with E-state index in [1.807, 2.05) is 0 Å². The molecule has 1 unspecified atom stereocenters. The first-order valence-electron chi connectivity index (χ1n) is 2.98. The third kappa shape index (κ3) is 2.46. The van der Waals surface area contributed by atoms with E-state index in [1.54, 1.807) is 14.0 Å². The van der Waals surface area contributed by atoms with Crippen LogP contribution < -0.4 is 0 Å². The van der Waals surface area contributed by atoms with E-state index in [2.05, 4.69) is 4.84 Å². The number of carbonyl (C=O) groups is 1. The average molecular weight is 163 g/mol. The summed E-state index contributed by atoms with van der Waals surface area (Å²) < 4.78 is 4.90. The van der Waals surface area contributed by atoms with Crippen molar-refractivity contribution in [2.45, 2.75) is 13.0 Å². The first-order valence-corrected chi connectivity index (χ1v) is 3.79.